The number of phenolic OH excluding ortho intramolecular Hbond substituents is 1. The lowest BCUT2D eigenvalue weighted by Crippen LogP contribution is -2.16. The predicted molar refractivity (Wildman–Crippen MR) is 54.7 cm³/mol. The van der Waals surface area contributed by atoms with Crippen LogP contribution in [-0.4, -0.2) is 23.4 Å². The van der Waals surface area contributed by atoms with Gasteiger partial charge in [0.2, 0.25) is 0 Å². The van der Waals surface area contributed by atoms with Crippen molar-refractivity contribution in [2.45, 2.75) is 5.92 Å². The fraction of sp³-hybridized carbons (Fsp3) is 0.333. The second-order valence-corrected chi connectivity index (χ2v) is 3.65. The van der Waals surface area contributed by atoms with Crippen LogP contribution in [0.2, 0.25) is 0 Å². The van der Waals surface area contributed by atoms with Crippen molar-refractivity contribution in [3.8, 4) is 5.75 Å². The summed E-state index contributed by atoms with van der Waals surface area (Å²) in [6, 6.07) is 5.30. The topological polar surface area (TPSA) is 66.5 Å². The summed E-state index contributed by atoms with van der Waals surface area (Å²) >= 11 is 3.20. The number of rotatable bonds is 3. The molecule has 0 spiro atoms. The highest BCUT2D eigenvalue weighted by molar-refractivity contribution is 9.10. The fourth-order valence-corrected chi connectivity index (χ4v) is 1.54. The van der Waals surface area contributed by atoms with E-state index in [9.17, 15) is 5.11 Å². The molecule has 0 aliphatic carbocycles. The minimum Gasteiger partial charge on any atom is -0.506 e. The van der Waals surface area contributed by atoms with E-state index in [-0.39, 0.29) is 18.3 Å². The van der Waals surface area contributed by atoms with Gasteiger partial charge in [-0.2, -0.15) is 0 Å². The first-order valence-corrected chi connectivity index (χ1v) is 4.78. The minimum atomic E-state index is -0.197. The second kappa shape index (κ2) is 4.60. The van der Waals surface area contributed by atoms with Gasteiger partial charge in [0.1, 0.15) is 5.75 Å². The molecule has 0 bridgehead atoms. The number of hydrogen-bond acceptors (Lipinski definition) is 3. The molecule has 0 aliphatic heterocycles. The third-order valence-electron chi connectivity index (χ3n) is 1.96. The Hall–Kier alpha value is -0.580. The predicted octanol–water partition coefficient (Wildman–Crippen LogP) is 1.19. The Morgan fingerprint density at radius 3 is 2.69 bits per heavy atom. The zero-order valence-electron chi connectivity index (χ0n) is 7.07. The molecule has 72 valence electrons. The van der Waals surface area contributed by atoms with Crippen molar-refractivity contribution >= 4 is 15.9 Å². The normalized spacial score (nSPS) is 12.8. The Morgan fingerprint density at radius 1 is 1.46 bits per heavy atom. The number of hydrogen-bond donors (Lipinski definition) is 3. The first kappa shape index (κ1) is 10.5. The number of phenols is 1. The molecule has 0 fully saturated rings. The zero-order chi connectivity index (χ0) is 9.84. The summed E-state index contributed by atoms with van der Waals surface area (Å²) in [5, 5.41) is 18.6. The van der Waals surface area contributed by atoms with Crippen LogP contribution in [0.25, 0.3) is 0 Å². The lowest BCUT2D eigenvalue weighted by Gasteiger charge is -2.14. The Labute approximate surface area is 85.3 Å². The van der Waals surface area contributed by atoms with Gasteiger partial charge in [-0.15, -0.1) is 0 Å². The average molecular weight is 246 g/mol. The maximum Gasteiger partial charge on any atom is 0.133 e. The smallest absolute Gasteiger partial charge is 0.133 e. The summed E-state index contributed by atoms with van der Waals surface area (Å²) in [5.41, 5.74) is 6.13. The van der Waals surface area contributed by atoms with Crippen molar-refractivity contribution in [2.24, 2.45) is 5.73 Å². The molecule has 1 unspecified atom stereocenters. The van der Waals surface area contributed by atoms with E-state index in [0.717, 1.165) is 0 Å². The molecule has 0 saturated carbocycles. The van der Waals surface area contributed by atoms with Crippen molar-refractivity contribution in [3.05, 3.63) is 28.2 Å². The van der Waals surface area contributed by atoms with Crippen LogP contribution in [0.3, 0.4) is 0 Å². The van der Waals surface area contributed by atoms with Gasteiger partial charge in [0, 0.05) is 18.0 Å². The second-order valence-electron chi connectivity index (χ2n) is 2.79. The lowest BCUT2D eigenvalue weighted by molar-refractivity contribution is 0.265. The molecule has 13 heavy (non-hydrogen) atoms. The van der Waals surface area contributed by atoms with Gasteiger partial charge in [-0.25, -0.2) is 0 Å². The van der Waals surface area contributed by atoms with Crippen LogP contribution < -0.4 is 5.73 Å². The van der Waals surface area contributed by atoms with E-state index in [1.807, 2.05) is 0 Å². The molecule has 1 rings (SSSR count). The van der Waals surface area contributed by atoms with E-state index in [2.05, 4.69) is 15.9 Å². The molecule has 4 heteroatoms. The SMILES string of the molecule is NCC(CO)c1cccc(Br)c1O. The molecule has 0 saturated heterocycles. The van der Waals surface area contributed by atoms with Crippen molar-refractivity contribution in [1.29, 1.82) is 0 Å². The highest BCUT2D eigenvalue weighted by Gasteiger charge is 2.13. The largest absolute Gasteiger partial charge is 0.506 e. The van der Waals surface area contributed by atoms with Gasteiger partial charge in [-0.3, -0.25) is 0 Å². The van der Waals surface area contributed by atoms with Crippen molar-refractivity contribution in [3.63, 3.8) is 0 Å². The van der Waals surface area contributed by atoms with E-state index in [1.165, 1.54) is 0 Å². The first-order chi connectivity index (χ1) is 6.20. The van der Waals surface area contributed by atoms with Crippen LogP contribution in [0.15, 0.2) is 22.7 Å². The van der Waals surface area contributed by atoms with Gasteiger partial charge in [0.25, 0.3) is 0 Å². The monoisotopic (exact) mass is 245 g/mol. The summed E-state index contributed by atoms with van der Waals surface area (Å²) in [4.78, 5) is 0. The van der Waals surface area contributed by atoms with Gasteiger partial charge in [-0.1, -0.05) is 12.1 Å². The van der Waals surface area contributed by atoms with Gasteiger partial charge < -0.3 is 15.9 Å². The van der Waals surface area contributed by atoms with Gasteiger partial charge in [0.05, 0.1) is 11.1 Å². The summed E-state index contributed by atoms with van der Waals surface area (Å²) in [7, 11) is 0. The molecule has 0 radical (unpaired) electrons. The fourth-order valence-electron chi connectivity index (χ4n) is 1.16. The number of aliphatic hydroxyl groups is 1. The highest BCUT2D eigenvalue weighted by atomic mass is 79.9. The van der Waals surface area contributed by atoms with E-state index in [4.69, 9.17) is 10.8 Å². The molecule has 1 atom stereocenters. The Kier molecular flexibility index (Phi) is 3.71. The van der Waals surface area contributed by atoms with Crippen LogP contribution in [0, 0.1) is 0 Å². The number of halogens is 1. The minimum absolute atomic E-state index is 0.0550. The molecular formula is C9H12BrNO2. The van der Waals surface area contributed by atoms with Gasteiger partial charge >= 0.3 is 0 Å². The average Bonchev–Trinajstić information content (AvgIpc) is 2.14. The highest BCUT2D eigenvalue weighted by Crippen LogP contribution is 2.31. The van der Waals surface area contributed by atoms with E-state index in [0.29, 0.717) is 16.6 Å². The Bertz CT molecular complexity index is 287. The summed E-state index contributed by atoms with van der Waals surface area (Å²) in [5.74, 6) is -0.0375. The van der Waals surface area contributed by atoms with Crippen LogP contribution >= 0.6 is 15.9 Å². The van der Waals surface area contributed by atoms with Crippen molar-refractivity contribution in [1.82, 2.24) is 0 Å². The van der Waals surface area contributed by atoms with E-state index in [1.54, 1.807) is 18.2 Å². The van der Waals surface area contributed by atoms with Crippen LogP contribution in [0.5, 0.6) is 5.75 Å². The standard InChI is InChI=1S/C9H12BrNO2/c10-8-3-1-2-7(9(8)13)6(4-11)5-12/h1-3,6,12-13H,4-5,11H2. The van der Waals surface area contributed by atoms with Crippen molar-refractivity contribution in [2.75, 3.05) is 13.2 Å². The van der Waals surface area contributed by atoms with Gasteiger partial charge in [-0.05, 0) is 22.0 Å². The molecule has 0 aromatic heterocycles. The third-order valence-corrected chi connectivity index (χ3v) is 2.60. The first-order valence-electron chi connectivity index (χ1n) is 3.99. The molecule has 3 nitrogen and oxygen atoms in total. The van der Waals surface area contributed by atoms with Crippen LogP contribution in [0.4, 0.5) is 0 Å². The summed E-state index contributed by atoms with van der Waals surface area (Å²) < 4.78 is 0.622. The van der Waals surface area contributed by atoms with E-state index >= 15 is 0 Å². The molecule has 1 aromatic rings. The maximum atomic E-state index is 9.62. The zero-order valence-corrected chi connectivity index (χ0v) is 8.66. The molecule has 0 aliphatic rings. The molecule has 0 heterocycles. The number of aliphatic hydroxyl groups excluding tert-OH is 1. The van der Waals surface area contributed by atoms with Crippen LogP contribution in [-0.2, 0) is 0 Å². The quantitative estimate of drug-likeness (QED) is 0.750. The molecule has 4 N–H and O–H groups in total. The summed E-state index contributed by atoms with van der Waals surface area (Å²) in [6.07, 6.45) is 0. The number of nitrogens with two attached hydrogens (primary N) is 1. The molecule has 1 aromatic carbocycles. The Morgan fingerprint density at radius 2 is 2.15 bits per heavy atom. The lowest BCUT2D eigenvalue weighted by atomic mass is 9.99. The molecule has 0 amide bonds. The summed E-state index contributed by atoms with van der Waals surface area (Å²) in [6.45, 7) is 0.265. The molecular weight excluding hydrogens is 234 g/mol. The third kappa shape index (κ3) is 2.21. The maximum absolute atomic E-state index is 9.62. The van der Waals surface area contributed by atoms with E-state index < -0.39 is 0 Å². The van der Waals surface area contributed by atoms with Crippen molar-refractivity contribution < 1.29 is 10.2 Å². The van der Waals surface area contributed by atoms with Gasteiger partial charge in [0.15, 0.2) is 0 Å². The number of aromatic hydroxyl groups is 1. The van der Waals surface area contributed by atoms with Crippen LogP contribution in [0.1, 0.15) is 11.5 Å². The number of para-hydroxylation sites is 1. The number of benzene rings is 1. The Balaban J connectivity index is 3.05.